The molecule has 0 aliphatic rings. The van der Waals surface area contributed by atoms with Crippen molar-refractivity contribution < 1.29 is 14.4 Å². The first kappa shape index (κ1) is 34.7. The summed E-state index contributed by atoms with van der Waals surface area (Å²) in [6.45, 7) is 9.33. The molecule has 0 atom stereocenters. The van der Waals surface area contributed by atoms with Crippen LogP contribution in [0.1, 0.15) is 54.7 Å². The summed E-state index contributed by atoms with van der Waals surface area (Å²) < 4.78 is 0. The fraction of sp³-hybridized carbons (Fsp3) is 0.150. The molecule has 55 heavy (non-hydrogen) atoms. The van der Waals surface area contributed by atoms with Crippen molar-refractivity contribution in [2.45, 2.75) is 41.0 Å². The number of aromatic nitrogens is 9. The molecule has 0 aliphatic heterocycles. The summed E-state index contributed by atoms with van der Waals surface area (Å²) in [5, 5.41) is 24.2. The minimum Gasteiger partial charge on any atom is -0.339 e. The largest absolute Gasteiger partial charge is 0.339 e. The number of hydrogen-bond donors (Lipinski definition) is 7. The van der Waals surface area contributed by atoms with E-state index in [-0.39, 0.29) is 24.1 Å². The van der Waals surface area contributed by atoms with E-state index in [2.05, 4.69) is 61.3 Å². The van der Waals surface area contributed by atoms with Crippen LogP contribution in [0.15, 0.2) is 73.2 Å². The molecule has 0 spiro atoms. The van der Waals surface area contributed by atoms with Gasteiger partial charge < -0.3 is 25.9 Å². The number of pyridine rings is 3. The number of benzene rings is 1. The summed E-state index contributed by atoms with van der Waals surface area (Å²) in [6.07, 6.45) is 5.01. The molecule has 0 unspecified atom stereocenters. The van der Waals surface area contributed by atoms with Gasteiger partial charge in [0, 0.05) is 67.8 Å². The molecule has 274 valence electrons. The van der Waals surface area contributed by atoms with E-state index in [9.17, 15) is 14.4 Å². The van der Waals surface area contributed by atoms with Crippen LogP contribution in [-0.4, -0.2) is 63.0 Å². The monoisotopic (exact) mass is 732 g/mol. The zero-order valence-electron chi connectivity index (χ0n) is 30.6. The lowest BCUT2D eigenvalue weighted by Gasteiger charge is -2.09. The normalized spacial score (nSPS) is 11.3. The van der Waals surface area contributed by atoms with Gasteiger partial charge in [0.15, 0.2) is 11.4 Å². The lowest BCUT2D eigenvalue weighted by atomic mass is 10.1. The van der Waals surface area contributed by atoms with E-state index in [0.29, 0.717) is 39.7 Å². The first-order valence-electron chi connectivity index (χ1n) is 17.5. The number of nitrogens with one attached hydrogen (secondary N) is 7. The number of aryl methyl sites for hydroxylation is 3. The predicted octanol–water partition coefficient (Wildman–Crippen LogP) is 6.84. The lowest BCUT2D eigenvalue weighted by molar-refractivity contribution is -0.115. The van der Waals surface area contributed by atoms with E-state index >= 15 is 0 Å². The fourth-order valence-corrected chi connectivity index (χ4v) is 6.33. The molecule has 0 saturated carbocycles. The van der Waals surface area contributed by atoms with Crippen molar-refractivity contribution in [2.75, 3.05) is 16.0 Å². The molecule has 3 amide bonds. The number of nitrogens with zero attached hydrogens (tertiary/aromatic N) is 5. The lowest BCUT2D eigenvalue weighted by Crippen LogP contribution is -2.14. The Hall–Kier alpha value is -7.42. The summed E-state index contributed by atoms with van der Waals surface area (Å²) >= 11 is 0. The highest BCUT2D eigenvalue weighted by atomic mass is 16.2. The van der Waals surface area contributed by atoms with Crippen molar-refractivity contribution in [1.29, 1.82) is 0 Å². The fourth-order valence-electron chi connectivity index (χ4n) is 6.33. The van der Waals surface area contributed by atoms with Gasteiger partial charge in [0.2, 0.25) is 5.91 Å². The SMILES string of the molecule is Cc1ncc(CC(=O)Nc2ccc(-c3cc4cc(NC(=O)c5n[nH]c(C)c5C)cnc4[nH]3)cc2)cc1-c1cc2cc(NC(=O)c3n[nH]c(C)c3C)cnc2[nH]1. The predicted molar refractivity (Wildman–Crippen MR) is 210 cm³/mol. The molecule has 0 fully saturated rings. The Morgan fingerprint density at radius 3 is 1.69 bits per heavy atom. The molecular formula is C40H36N12O3. The highest BCUT2D eigenvalue weighted by molar-refractivity contribution is 6.05. The first-order valence-corrected chi connectivity index (χ1v) is 17.5. The van der Waals surface area contributed by atoms with Crippen molar-refractivity contribution in [3.8, 4) is 22.5 Å². The van der Waals surface area contributed by atoms with Crippen LogP contribution in [0.25, 0.3) is 44.6 Å². The summed E-state index contributed by atoms with van der Waals surface area (Å²) in [5.41, 5.74) is 12.0. The molecule has 8 rings (SSSR count). The Kier molecular flexibility index (Phi) is 8.73. The maximum atomic E-state index is 13.1. The number of carbonyl (C=O) groups is 3. The van der Waals surface area contributed by atoms with E-state index in [1.165, 1.54) is 0 Å². The molecule has 0 bridgehead atoms. The van der Waals surface area contributed by atoms with E-state index < -0.39 is 0 Å². The number of aromatic amines is 4. The number of hydrogen-bond acceptors (Lipinski definition) is 8. The van der Waals surface area contributed by atoms with Crippen LogP contribution in [0.3, 0.4) is 0 Å². The second kappa shape index (κ2) is 13.9. The van der Waals surface area contributed by atoms with Crippen molar-refractivity contribution in [3.05, 3.63) is 118 Å². The average molecular weight is 733 g/mol. The van der Waals surface area contributed by atoms with Gasteiger partial charge in [-0.05, 0) is 88.2 Å². The van der Waals surface area contributed by atoms with E-state index in [1.807, 2.05) is 89.2 Å². The van der Waals surface area contributed by atoms with Crippen LogP contribution in [0.4, 0.5) is 17.1 Å². The van der Waals surface area contributed by atoms with Gasteiger partial charge >= 0.3 is 0 Å². The molecule has 7 aromatic heterocycles. The van der Waals surface area contributed by atoms with Crippen molar-refractivity contribution in [2.24, 2.45) is 0 Å². The number of H-pyrrole nitrogens is 4. The molecule has 0 aliphatic carbocycles. The van der Waals surface area contributed by atoms with Gasteiger partial charge in [-0.3, -0.25) is 29.6 Å². The summed E-state index contributed by atoms with van der Waals surface area (Å²) in [6, 6.07) is 17.1. The first-order chi connectivity index (χ1) is 26.5. The van der Waals surface area contributed by atoms with Crippen molar-refractivity contribution in [1.82, 2.24) is 45.3 Å². The zero-order chi connectivity index (χ0) is 38.4. The van der Waals surface area contributed by atoms with Gasteiger partial charge in [0.25, 0.3) is 11.8 Å². The van der Waals surface area contributed by atoms with E-state index in [0.717, 1.165) is 67.1 Å². The quantitative estimate of drug-likeness (QED) is 0.0832. The van der Waals surface area contributed by atoms with Crippen molar-refractivity contribution in [3.63, 3.8) is 0 Å². The summed E-state index contributed by atoms with van der Waals surface area (Å²) in [5.74, 6) is -0.810. The van der Waals surface area contributed by atoms with Gasteiger partial charge in [-0.2, -0.15) is 10.2 Å². The second-order valence-electron chi connectivity index (χ2n) is 13.5. The minimum absolute atomic E-state index is 0.120. The van der Waals surface area contributed by atoms with Crippen LogP contribution in [0, 0.1) is 34.6 Å². The van der Waals surface area contributed by atoms with Crippen molar-refractivity contribution >= 4 is 56.9 Å². The zero-order valence-corrected chi connectivity index (χ0v) is 30.6. The number of anilines is 3. The molecule has 0 radical (unpaired) electrons. The molecule has 1 aromatic carbocycles. The Morgan fingerprint density at radius 2 is 1.15 bits per heavy atom. The minimum atomic E-state index is -0.317. The highest BCUT2D eigenvalue weighted by Crippen LogP contribution is 2.29. The van der Waals surface area contributed by atoms with Gasteiger partial charge in [0.1, 0.15) is 11.3 Å². The highest BCUT2D eigenvalue weighted by Gasteiger charge is 2.18. The molecule has 15 nitrogen and oxygen atoms in total. The van der Waals surface area contributed by atoms with Gasteiger partial charge in [-0.25, -0.2) is 9.97 Å². The molecular weight excluding hydrogens is 697 g/mol. The Bertz CT molecular complexity index is 2790. The molecule has 7 heterocycles. The van der Waals surface area contributed by atoms with Crippen LogP contribution in [0.5, 0.6) is 0 Å². The summed E-state index contributed by atoms with van der Waals surface area (Å²) in [7, 11) is 0. The maximum Gasteiger partial charge on any atom is 0.276 e. The third-order valence-corrected chi connectivity index (χ3v) is 9.67. The molecule has 15 heteroatoms. The standard InChI is InChI=1S/C40H36N12O3/c1-19-21(3)49-51-35(19)39(54)45-29-12-26-14-32(47-37(26)42-17-29)25-6-8-28(9-7-25)44-34(53)11-24-10-31(23(5)41-16-24)33-15-27-13-30(18-43-38(27)48-33)46-40(55)36-20(2)22(4)50-52-36/h6-10,12-18H,11H2,1-5H3,(H,42,47)(H,43,48)(H,44,53)(H,45,54)(H,46,55)(H,49,51)(H,50,52). The topological polar surface area (TPSA) is 215 Å². The Labute approximate surface area is 313 Å². The number of carbonyl (C=O) groups excluding carboxylic acids is 3. The Balaban J connectivity index is 0.914. The third-order valence-electron chi connectivity index (χ3n) is 9.67. The van der Waals surface area contributed by atoms with Crippen LogP contribution in [-0.2, 0) is 11.2 Å². The van der Waals surface area contributed by atoms with Gasteiger partial charge in [-0.1, -0.05) is 12.1 Å². The molecule has 7 N–H and O–H groups in total. The molecule has 0 saturated heterocycles. The second-order valence-corrected chi connectivity index (χ2v) is 13.5. The summed E-state index contributed by atoms with van der Waals surface area (Å²) in [4.78, 5) is 58.9. The van der Waals surface area contributed by atoms with Gasteiger partial charge in [0.05, 0.1) is 30.2 Å². The average Bonchev–Trinajstić information content (AvgIpc) is 3.95. The number of rotatable bonds is 9. The smallest absolute Gasteiger partial charge is 0.276 e. The van der Waals surface area contributed by atoms with E-state index in [4.69, 9.17) is 0 Å². The van der Waals surface area contributed by atoms with E-state index in [1.54, 1.807) is 18.6 Å². The van der Waals surface area contributed by atoms with Gasteiger partial charge in [-0.15, -0.1) is 0 Å². The van der Waals surface area contributed by atoms with Crippen LogP contribution < -0.4 is 16.0 Å². The Morgan fingerprint density at radius 1 is 0.600 bits per heavy atom. The van der Waals surface area contributed by atoms with Crippen LogP contribution >= 0.6 is 0 Å². The number of fused-ring (bicyclic) bond motifs is 2. The third kappa shape index (κ3) is 6.93. The van der Waals surface area contributed by atoms with Crippen LogP contribution in [0.2, 0.25) is 0 Å². The maximum absolute atomic E-state index is 13.1. The molecule has 8 aromatic rings. The number of amides is 3.